The van der Waals surface area contributed by atoms with Gasteiger partial charge in [-0.05, 0) is 35.7 Å². The maximum atomic E-state index is 13.7. The Hall–Kier alpha value is -1.92. The van der Waals surface area contributed by atoms with Crippen molar-refractivity contribution in [1.82, 2.24) is 14.2 Å². The lowest BCUT2D eigenvalue weighted by Gasteiger charge is -2.38. The van der Waals surface area contributed by atoms with Crippen LogP contribution < -0.4 is 0 Å². The Balaban J connectivity index is 1.31. The number of fused-ring (bicyclic) bond motifs is 1. The van der Waals surface area contributed by atoms with Crippen LogP contribution in [0, 0.1) is 0 Å². The number of benzene rings is 2. The third-order valence-corrected chi connectivity index (χ3v) is 11.4. The number of carbonyl (C=O) groups is 1. The first-order valence-corrected chi connectivity index (χ1v) is 15.9. The summed E-state index contributed by atoms with van der Waals surface area (Å²) in [5.74, 6) is 0. The van der Waals surface area contributed by atoms with E-state index < -0.39 is 21.3 Å². The maximum Gasteiger partial charge on any atom is 0.225 e. The average Bonchev–Trinajstić information content (AvgIpc) is 3.51. The Morgan fingerprint density at radius 3 is 2.70 bits per heavy atom. The summed E-state index contributed by atoms with van der Waals surface area (Å²) in [5.41, 5.74) is 1.90. The smallest absolute Gasteiger partial charge is 0.225 e. The van der Waals surface area contributed by atoms with Crippen LogP contribution in [0.4, 0.5) is 0 Å². The Labute approximate surface area is 237 Å². The minimum Gasteiger partial charge on any atom is -0.302 e. The molecule has 192 valence electrons. The zero-order valence-electron chi connectivity index (χ0n) is 19.6. The molecule has 2 atom stereocenters. The summed E-state index contributed by atoms with van der Waals surface area (Å²) < 4.78 is 30.7. The van der Waals surface area contributed by atoms with Crippen molar-refractivity contribution in [3.63, 3.8) is 0 Å². The second-order valence-corrected chi connectivity index (χ2v) is 14.2. The monoisotopic (exact) mass is 635 g/mol. The third-order valence-electron chi connectivity index (χ3n) is 6.36. The number of aromatic nitrogens is 1. The molecular formula is C26H23BrClN3O3S3. The second-order valence-electron chi connectivity index (χ2n) is 8.70. The van der Waals surface area contributed by atoms with Gasteiger partial charge in [0.15, 0.2) is 0 Å². The van der Waals surface area contributed by atoms with Gasteiger partial charge in [-0.15, -0.1) is 29.3 Å². The Morgan fingerprint density at radius 1 is 1.19 bits per heavy atom. The van der Waals surface area contributed by atoms with Crippen LogP contribution in [0.3, 0.4) is 0 Å². The molecule has 2 aromatic heterocycles. The van der Waals surface area contributed by atoms with Crippen molar-refractivity contribution in [3.05, 3.63) is 85.9 Å². The normalized spacial score (nSPS) is 18.2. The molecule has 1 aliphatic rings. The molecule has 11 heteroatoms. The second kappa shape index (κ2) is 11.1. The predicted molar refractivity (Wildman–Crippen MR) is 156 cm³/mol. The summed E-state index contributed by atoms with van der Waals surface area (Å²) in [4.78, 5) is 19.5. The SMILES string of the molecule is C=CC(c1cc2ccc(Cl)cc2s1)S(=O)(=O)N1CCN(Cc2nc(-c3ccc(Br)cc3)cs2)C(C=O)C1. The largest absolute Gasteiger partial charge is 0.302 e. The molecule has 3 heterocycles. The number of aldehydes is 1. The van der Waals surface area contributed by atoms with Crippen LogP contribution in [0.2, 0.25) is 5.02 Å². The summed E-state index contributed by atoms with van der Waals surface area (Å²) >= 11 is 12.5. The molecule has 5 rings (SSSR count). The van der Waals surface area contributed by atoms with E-state index >= 15 is 0 Å². The molecule has 0 bridgehead atoms. The fourth-order valence-electron chi connectivity index (χ4n) is 4.40. The summed E-state index contributed by atoms with van der Waals surface area (Å²) in [7, 11) is -3.77. The number of rotatable bonds is 8. The van der Waals surface area contributed by atoms with Gasteiger partial charge in [0.1, 0.15) is 16.5 Å². The van der Waals surface area contributed by atoms with Crippen LogP contribution in [0.1, 0.15) is 15.1 Å². The van der Waals surface area contributed by atoms with Crippen molar-refractivity contribution in [2.24, 2.45) is 0 Å². The summed E-state index contributed by atoms with van der Waals surface area (Å²) in [5, 5.41) is 3.53. The van der Waals surface area contributed by atoms with Crippen LogP contribution in [0.25, 0.3) is 21.3 Å². The van der Waals surface area contributed by atoms with Gasteiger partial charge in [-0.2, -0.15) is 4.31 Å². The van der Waals surface area contributed by atoms with Crippen LogP contribution in [-0.2, 0) is 21.4 Å². The molecule has 0 saturated carbocycles. The topological polar surface area (TPSA) is 70.6 Å². The quantitative estimate of drug-likeness (QED) is 0.166. The fourth-order valence-corrected chi connectivity index (χ4v) is 8.94. The molecule has 2 aromatic carbocycles. The van der Waals surface area contributed by atoms with Crippen LogP contribution in [-0.4, -0.2) is 54.6 Å². The van der Waals surface area contributed by atoms with Gasteiger partial charge in [0.25, 0.3) is 0 Å². The summed E-state index contributed by atoms with van der Waals surface area (Å²) in [6.45, 7) is 5.12. The van der Waals surface area contributed by atoms with E-state index in [-0.39, 0.29) is 6.54 Å². The van der Waals surface area contributed by atoms with Gasteiger partial charge >= 0.3 is 0 Å². The molecular weight excluding hydrogens is 614 g/mol. The van der Waals surface area contributed by atoms with E-state index in [0.717, 1.165) is 37.1 Å². The number of hydrogen-bond acceptors (Lipinski definition) is 7. The predicted octanol–water partition coefficient (Wildman–Crippen LogP) is 6.38. The van der Waals surface area contributed by atoms with Gasteiger partial charge in [-0.3, -0.25) is 4.90 Å². The van der Waals surface area contributed by atoms with Crippen molar-refractivity contribution in [2.75, 3.05) is 19.6 Å². The molecule has 2 unspecified atom stereocenters. The highest BCUT2D eigenvalue weighted by molar-refractivity contribution is 9.10. The highest BCUT2D eigenvalue weighted by Crippen LogP contribution is 2.37. The molecule has 0 aliphatic carbocycles. The van der Waals surface area contributed by atoms with E-state index in [4.69, 9.17) is 16.6 Å². The van der Waals surface area contributed by atoms with Gasteiger partial charge in [-0.25, -0.2) is 13.4 Å². The van der Waals surface area contributed by atoms with Gasteiger partial charge in [0.2, 0.25) is 10.0 Å². The molecule has 1 saturated heterocycles. The molecule has 4 aromatic rings. The number of thiophene rings is 1. The number of nitrogens with zero attached hydrogens (tertiary/aromatic N) is 3. The van der Waals surface area contributed by atoms with Crippen molar-refractivity contribution in [2.45, 2.75) is 17.8 Å². The minimum atomic E-state index is -3.77. The first-order chi connectivity index (χ1) is 17.8. The van der Waals surface area contributed by atoms with E-state index in [1.807, 2.05) is 52.7 Å². The molecule has 1 aliphatic heterocycles. The number of piperazine rings is 1. The molecule has 37 heavy (non-hydrogen) atoms. The van der Waals surface area contributed by atoms with Crippen molar-refractivity contribution in [3.8, 4) is 11.3 Å². The zero-order chi connectivity index (χ0) is 26.2. The number of carbonyl (C=O) groups excluding carboxylic acids is 1. The highest BCUT2D eigenvalue weighted by atomic mass is 79.9. The Bertz CT molecular complexity index is 1550. The van der Waals surface area contributed by atoms with Gasteiger partial charge in [0, 0.05) is 49.7 Å². The summed E-state index contributed by atoms with van der Waals surface area (Å²) in [6.07, 6.45) is 2.29. The number of hydrogen-bond donors (Lipinski definition) is 0. The van der Waals surface area contributed by atoms with Crippen LogP contribution >= 0.6 is 50.2 Å². The van der Waals surface area contributed by atoms with Crippen molar-refractivity contribution in [1.29, 1.82) is 0 Å². The maximum absolute atomic E-state index is 13.7. The average molecular weight is 637 g/mol. The van der Waals surface area contributed by atoms with Crippen molar-refractivity contribution >= 4 is 76.6 Å². The van der Waals surface area contributed by atoms with Gasteiger partial charge in [-0.1, -0.05) is 51.8 Å². The van der Waals surface area contributed by atoms with Crippen LogP contribution in [0.5, 0.6) is 0 Å². The molecule has 0 spiro atoms. The van der Waals surface area contributed by atoms with E-state index in [2.05, 4.69) is 22.5 Å². The molecule has 1 fully saturated rings. The van der Waals surface area contributed by atoms with Gasteiger partial charge < -0.3 is 4.79 Å². The number of sulfonamides is 1. The molecule has 6 nitrogen and oxygen atoms in total. The number of halogens is 2. The standard InChI is InChI=1S/C26H23BrClN3O3S3/c1-2-25(24-11-18-5-8-20(28)12-23(18)36-24)37(33,34)31-10-9-30(21(13-31)15-32)14-26-29-22(16-35-26)17-3-6-19(27)7-4-17/h2-8,11-12,15-16,21,25H,1,9-10,13-14H2. The highest BCUT2D eigenvalue weighted by Gasteiger charge is 2.38. The molecule has 0 N–H and O–H groups in total. The van der Waals surface area contributed by atoms with E-state index in [1.54, 1.807) is 6.07 Å². The zero-order valence-corrected chi connectivity index (χ0v) is 24.4. The lowest BCUT2D eigenvalue weighted by Crippen LogP contribution is -2.55. The molecule has 0 amide bonds. The molecule has 0 radical (unpaired) electrons. The Kier molecular flexibility index (Phi) is 7.97. The lowest BCUT2D eigenvalue weighted by atomic mass is 10.2. The fraction of sp³-hybridized carbons (Fsp3) is 0.231. The van der Waals surface area contributed by atoms with Crippen molar-refractivity contribution < 1.29 is 13.2 Å². The first-order valence-electron chi connectivity index (χ1n) is 11.5. The number of thiazole rings is 1. The Morgan fingerprint density at radius 2 is 1.97 bits per heavy atom. The lowest BCUT2D eigenvalue weighted by molar-refractivity contribution is -0.114. The van der Waals surface area contributed by atoms with Gasteiger partial charge in [0.05, 0.1) is 18.3 Å². The summed E-state index contributed by atoms with van der Waals surface area (Å²) in [6, 6.07) is 14.8. The van der Waals surface area contributed by atoms with E-state index in [0.29, 0.717) is 29.5 Å². The third kappa shape index (κ3) is 5.61. The van der Waals surface area contributed by atoms with E-state index in [9.17, 15) is 13.2 Å². The van der Waals surface area contributed by atoms with E-state index in [1.165, 1.54) is 33.1 Å². The van der Waals surface area contributed by atoms with Crippen LogP contribution in [0.15, 0.2) is 71.0 Å². The first kappa shape index (κ1) is 26.7. The minimum absolute atomic E-state index is 0.0951.